The number of nitrogens with zero attached hydrogens (tertiary/aromatic N) is 4. The van der Waals surface area contributed by atoms with Gasteiger partial charge in [-0.2, -0.15) is 0 Å². The van der Waals surface area contributed by atoms with E-state index in [1.807, 2.05) is 6.07 Å². The summed E-state index contributed by atoms with van der Waals surface area (Å²) >= 11 is 0. The van der Waals surface area contributed by atoms with Gasteiger partial charge in [-0.15, -0.1) is 12.4 Å². The summed E-state index contributed by atoms with van der Waals surface area (Å²) in [6.07, 6.45) is 3.46. The minimum Gasteiger partial charge on any atom is -0.486 e. The molecule has 3 aromatic rings. The Hall–Kier alpha value is -2.88. The highest BCUT2D eigenvalue weighted by Crippen LogP contribution is 2.31. The van der Waals surface area contributed by atoms with Crippen molar-refractivity contribution >= 4 is 23.6 Å². The summed E-state index contributed by atoms with van der Waals surface area (Å²) in [5.74, 6) is 1.65. The van der Waals surface area contributed by atoms with Crippen LogP contribution in [-0.4, -0.2) is 57.9 Å². The van der Waals surface area contributed by atoms with Gasteiger partial charge < -0.3 is 19.7 Å². The number of halogens is 1. The summed E-state index contributed by atoms with van der Waals surface area (Å²) in [5, 5.41) is 3.67. The van der Waals surface area contributed by atoms with Crippen LogP contribution in [0, 0.1) is 0 Å². The highest BCUT2D eigenvalue weighted by atomic mass is 35.5. The van der Waals surface area contributed by atoms with Gasteiger partial charge in [-0.3, -0.25) is 18.7 Å². The Balaban J connectivity index is 0.00000241. The van der Waals surface area contributed by atoms with Gasteiger partial charge in [0.15, 0.2) is 11.5 Å². The molecule has 0 saturated carbocycles. The first-order valence-corrected chi connectivity index (χ1v) is 11.6. The minimum atomic E-state index is -0.139. The smallest absolute Gasteiger partial charge is 0.270 e. The normalized spacial score (nSPS) is 19.8. The zero-order valence-electron chi connectivity index (χ0n) is 18.8. The van der Waals surface area contributed by atoms with Crippen molar-refractivity contribution in [2.24, 2.45) is 0 Å². The molecule has 0 radical (unpaired) electrons. The van der Waals surface area contributed by atoms with Crippen LogP contribution >= 0.6 is 12.4 Å². The number of pyridine rings is 1. The first-order valence-electron chi connectivity index (χ1n) is 11.6. The average molecular weight is 486 g/mol. The second kappa shape index (κ2) is 9.40. The number of piperidine rings is 1. The molecule has 6 rings (SSSR count). The van der Waals surface area contributed by atoms with Gasteiger partial charge >= 0.3 is 0 Å². The lowest BCUT2D eigenvalue weighted by Crippen LogP contribution is -2.44. The lowest BCUT2D eigenvalue weighted by Gasteiger charge is -2.34. The first-order chi connectivity index (χ1) is 16.2. The second-order valence-electron chi connectivity index (χ2n) is 9.05. The molecule has 1 atom stereocenters. The molecule has 5 heterocycles. The average Bonchev–Trinajstić information content (AvgIpc) is 3.23. The topological polar surface area (TPSA) is 90.6 Å². The number of rotatable bonds is 5. The highest BCUT2D eigenvalue weighted by Gasteiger charge is 2.29. The molecule has 0 unspecified atom stereocenters. The predicted octanol–water partition coefficient (Wildman–Crippen LogP) is 1.56. The second-order valence-corrected chi connectivity index (χ2v) is 9.05. The number of hydrogen-bond donors (Lipinski definition) is 1. The zero-order chi connectivity index (χ0) is 22.4. The van der Waals surface area contributed by atoms with Crippen molar-refractivity contribution in [3.8, 4) is 11.5 Å². The quantitative estimate of drug-likeness (QED) is 0.586. The van der Waals surface area contributed by atoms with E-state index in [-0.39, 0.29) is 29.6 Å². The van der Waals surface area contributed by atoms with Crippen LogP contribution in [0.3, 0.4) is 0 Å². The van der Waals surface area contributed by atoms with Crippen LogP contribution in [0.1, 0.15) is 24.4 Å². The van der Waals surface area contributed by atoms with E-state index in [1.165, 1.54) is 17.8 Å². The molecule has 180 valence electrons. The molecule has 3 aliphatic heterocycles. The number of nitrogens with one attached hydrogen (secondary N) is 1. The van der Waals surface area contributed by atoms with Gasteiger partial charge in [0.05, 0.1) is 12.2 Å². The first kappa shape index (κ1) is 22.9. The summed E-state index contributed by atoms with van der Waals surface area (Å²) in [7, 11) is 0. The van der Waals surface area contributed by atoms with Crippen LogP contribution in [0.5, 0.6) is 11.5 Å². The minimum absolute atomic E-state index is 0. The maximum atomic E-state index is 12.6. The van der Waals surface area contributed by atoms with Crippen molar-refractivity contribution in [2.45, 2.75) is 38.0 Å². The third kappa shape index (κ3) is 4.19. The SMILES string of the molecule is Cl.O=c1ccc2ncc(=O)n3c2n1C[C@H]3CN1CCC(NCc2ccc3c(c2)OCCO3)CC1. The summed E-state index contributed by atoms with van der Waals surface area (Å²) in [4.78, 5) is 31.5. The van der Waals surface area contributed by atoms with Crippen molar-refractivity contribution in [3.63, 3.8) is 0 Å². The van der Waals surface area contributed by atoms with Gasteiger partial charge in [0, 0.05) is 31.7 Å². The Morgan fingerprint density at radius 3 is 2.62 bits per heavy atom. The molecule has 1 saturated heterocycles. The monoisotopic (exact) mass is 485 g/mol. The van der Waals surface area contributed by atoms with E-state index >= 15 is 0 Å². The van der Waals surface area contributed by atoms with Crippen molar-refractivity contribution in [3.05, 3.63) is 62.8 Å². The molecule has 3 aliphatic rings. The van der Waals surface area contributed by atoms with E-state index in [2.05, 4.69) is 27.3 Å². The fourth-order valence-electron chi connectivity index (χ4n) is 5.24. The van der Waals surface area contributed by atoms with E-state index in [4.69, 9.17) is 9.47 Å². The maximum Gasteiger partial charge on any atom is 0.270 e. The van der Waals surface area contributed by atoms with Gasteiger partial charge in [-0.25, -0.2) is 4.98 Å². The number of aromatic nitrogens is 3. The van der Waals surface area contributed by atoms with Crippen LogP contribution < -0.4 is 25.9 Å². The standard InChI is InChI=1S/C24H27N5O4.ClH/c30-22-4-2-19-24-28(22)15-18(29(24)23(31)13-26-19)14-27-7-5-17(6-8-27)25-12-16-1-3-20-21(11-16)33-10-9-32-20;/h1-4,11,13,17-18,25H,5-10,12,14-15H2;1H/t18-;/m1./s1. The summed E-state index contributed by atoms with van der Waals surface area (Å²) in [6, 6.07) is 9.77. The number of ether oxygens (including phenoxy) is 2. The van der Waals surface area contributed by atoms with E-state index in [0.29, 0.717) is 37.0 Å². The van der Waals surface area contributed by atoms with Gasteiger partial charge in [0.1, 0.15) is 24.4 Å². The Labute approximate surface area is 202 Å². The molecule has 1 N–H and O–H groups in total. The third-order valence-electron chi connectivity index (χ3n) is 6.93. The Kier molecular flexibility index (Phi) is 6.33. The summed E-state index contributed by atoms with van der Waals surface area (Å²) in [6.45, 7) is 5.21. The van der Waals surface area contributed by atoms with Crippen molar-refractivity contribution in [2.75, 3.05) is 32.8 Å². The third-order valence-corrected chi connectivity index (χ3v) is 6.93. The van der Waals surface area contributed by atoms with Gasteiger partial charge in [0.2, 0.25) is 0 Å². The van der Waals surface area contributed by atoms with Crippen LogP contribution in [0.15, 0.2) is 46.1 Å². The molecule has 1 fully saturated rings. The zero-order valence-corrected chi connectivity index (χ0v) is 19.6. The van der Waals surface area contributed by atoms with E-state index in [9.17, 15) is 9.59 Å². The number of likely N-dealkylation sites (tertiary alicyclic amines) is 1. The molecule has 2 aromatic heterocycles. The fourth-order valence-corrected chi connectivity index (χ4v) is 5.24. The maximum absolute atomic E-state index is 12.6. The summed E-state index contributed by atoms with van der Waals surface area (Å²) < 4.78 is 14.7. The van der Waals surface area contributed by atoms with Crippen molar-refractivity contribution in [1.82, 2.24) is 24.3 Å². The number of hydrogen-bond acceptors (Lipinski definition) is 7. The van der Waals surface area contributed by atoms with E-state index in [1.54, 1.807) is 15.2 Å². The van der Waals surface area contributed by atoms with E-state index in [0.717, 1.165) is 50.5 Å². The predicted molar refractivity (Wildman–Crippen MR) is 130 cm³/mol. The fraction of sp³-hybridized carbons (Fsp3) is 0.458. The van der Waals surface area contributed by atoms with Gasteiger partial charge in [-0.05, 0) is 49.7 Å². The Morgan fingerprint density at radius 1 is 1.00 bits per heavy atom. The number of fused-ring (bicyclic) bond motifs is 1. The molecule has 0 aliphatic carbocycles. The molecule has 0 bridgehead atoms. The molecule has 9 nitrogen and oxygen atoms in total. The molecule has 0 amide bonds. The van der Waals surface area contributed by atoms with Crippen LogP contribution in [0.25, 0.3) is 11.2 Å². The van der Waals surface area contributed by atoms with Crippen LogP contribution in [0.2, 0.25) is 0 Å². The van der Waals surface area contributed by atoms with Crippen LogP contribution in [-0.2, 0) is 13.1 Å². The Bertz CT molecular complexity index is 1310. The Morgan fingerprint density at radius 2 is 1.79 bits per heavy atom. The number of benzene rings is 1. The van der Waals surface area contributed by atoms with Crippen molar-refractivity contribution < 1.29 is 9.47 Å². The van der Waals surface area contributed by atoms with Gasteiger partial charge in [-0.1, -0.05) is 6.07 Å². The highest BCUT2D eigenvalue weighted by molar-refractivity contribution is 5.85. The molecule has 0 spiro atoms. The molecular weight excluding hydrogens is 458 g/mol. The lowest BCUT2D eigenvalue weighted by atomic mass is 10.0. The summed E-state index contributed by atoms with van der Waals surface area (Å²) in [5.41, 5.74) is 2.32. The van der Waals surface area contributed by atoms with Crippen LogP contribution in [0.4, 0.5) is 0 Å². The molecular formula is C24H28ClN5O4. The lowest BCUT2D eigenvalue weighted by molar-refractivity contribution is 0.169. The van der Waals surface area contributed by atoms with E-state index < -0.39 is 0 Å². The largest absolute Gasteiger partial charge is 0.486 e. The van der Waals surface area contributed by atoms with Gasteiger partial charge in [0.25, 0.3) is 11.1 Å². The molecule has 34 heavy (non-hydrogen) atoms. The molecule has 10 heteroatoms. The van der Waals surface area contributed by atoms with Crippen molar-refractivity contribution in [1.29, 1.82) is 0 Å². The molecule has 1 aromatic carbocycles.